The van der Waals surface area contributed by atoms with Gasteiger partial charge in [0.1, 0.15) is 0 Å². The standard InChI is InChI=1S/C24H32N4OS/c1-26-12-14-27(15-13-26)18-22(20-8-4-2-5-9-20)25-24(29)28-16-17-30-19-23(28)21-10-6-3-7-11-21/h2-11,22-23H,12-19H2,1H3,(H,25,29). The highest BCUT2D eigenvalue weighted by molar-refractivity contribution is 7.99. The maximum absolute atomic E-state index is 13.4. The second kappa shape index (κ2) is 10.3. The molecular formula is C24H32N4OS. The Morgan fingerprint density at radius 1 is 1.00 bits per heavy atom. The lowest BCUT2D eigenvalue weighted by molar-refractivity contribution is 0.137. The minimum atomic E-state index is -0.00638. The van der Waals surface area contributed by atoms with Crippen molar-refractivity contribution in [3.63, 3.8) is 0 Å². The van der Waals surface area contributed by atoms with E-state index in [1.807, 2.05) is 28.8 Å². The maximum Gasteiger partial charge on any atom is 0.318 e. The van der Waals surface area contributed by atoms with Crippen LogP contribution in [-0.4, -0.2) is 78.6 Å². The summed E-state index contributed by atoms with van der Waals surface area (Å²) in [7, 11) is 2.17. The monoisotopic (exact) mass is 424 g/mol. The number of amides is 2. The second-order valence-electron chi connectivity index (χ2n) is 8.21. The van der Waals surface area contributed by atoms with E-state index in [-0.39, 0.29) is 18.1 Å². The van der Waals surface area contributed by atoms with Gasteiger partial charge in [-0.15, -0.1) is 0 Å². The third kappa shape index (κ3) is 5.36. The number of benzene rings is 2. The van der Waals surface area contributed by atoms with E-state index >= 15 is 0 Å². The summed E-state index contributed by atoms with van der Waals surface area (Å²) in [5, 5.41) is 3.38. The zero-order valence-corrected chi connectivity index (χ0v) is 18.6. The zero-order chi connectivity index (χ0) is 20.8. The Morgan fingerprint density at radius 2 is 1.67 bits per heavy atom. The second-order valence-corrected chi connectivity index (χ2v) is 9.36. The number of carbonyl (C=O) groups excluding carboxylic acids is 1. The van der Waals surface area contributed by atoms with Crippen molar-refractivity contribution in [3.8, 4) is 0 Å². The Labute approximate surface area is 184 Å². The number of hydrogen-bond acceptors (Lipinski definition) is 4. The third-order valence-electron chi connectivity index (χ3n) is 6.11. The van der Waals surface area contributed by atoms with Gasteiger partial charge >= 0.3 is 6.03 Å². The first-order valence-electron chi connectivity index (χ1n) is 10.9. The topological polar surface area (TPSA) is 38.8 Å². The van der Waals surface area contributed by atoms with Gasteiger partial charge in [0, 0.05) is 50.8 Å². The van der Waals surface area contributed by atoms with Crippen LogP contribution >= 0.6 is 11.8 Å². The molecule has 5 nitrogen and oxygen atoms in total. The van der Waals surface area contributed by atoms with E-state index < -0.39 is 0 Å². The largest absolute Gasteiger partial charge is 0.330 e. The van der Waals surface area contributed by atoms with Crippen LogP contribution in [0.25, 0.3) is 0 Å². The third-order valence-corrected chi connectivity index (χ3v) is 7.13. The lowest BCUT2D eigenvalue weighted by Crippen LogP contribution is -2.51. The van der Waals surface area contributed by atoms with Crippen LogP contribution in [0, 0.1) is 0 Å². The Balaban J connectivity index is 1.49. The van der Waals surface area contributed by atoms with Crippen LogP contribution < -0.4 is 5.32 Å². The highest BCUT2D eigenvalue weighted by Gasteiger charge is 2.30. The predicted molar refractivity (Wildman–Crippen MR) is 125 cm³/mol. The van der Waals surface area contributed by atoms with Crippen molar-refractivity contribution in [1.82, 2.24) is 20.0 Å². The summed E-state index contributed by atoms with van der Waals surface area (Å²) in [6.45, 7) is 5.88. The minimum Gasteiger partial charge on any atom is -0.330 e. The summed E-state index contributed by atoms with van der Waals surface area (Å²) in [5.41, 5.74) is 2.39. The first-order valence-corrected chi connectivity index (χ1v) is 12.0. The van der Waals surface area contributed by atoms with Gasteiger partial charge in [-0.2, -0.15) is 11.8 Å². The van der Waals surface area contributed by atoms with Crippen molar-refractivity contribution in [2.45, 2.75) is 12.1 Å². The summed E-state index contributed by atoms with van der Waals surface area (Å²) >= 11 is 1.93. The SMILES string of the molecule is CN1CCN(CC(NC(=O)N2CCSCC2c2ccccc2)c2ccccc2)CC1. The molecule has 2 aliphatic heterocycles. The van der Waals surface area contributed by atoms with Gasteiger partial charge in [0.15, 0.2) is 0 Å². The summed E-state index contributed by atoms with van der Waals surface area (Å²) < 4.78 is 0. The van der Waals surface area contributed by atoms with Gasteiger partial charge in [-0.3, -0.25) is 4.90 Å². The zero-order valence-electron chi connectivity index (χ0n) is 17.7. The van der Waals surface area contributed by atoms with Gasteiger partial charge in [-0.25, -0.2) is 4.79 Å². The lowest BCUT2D eigenvalue weighted by atomic mass is 10.1. The molecule has 2 unspecified atom stereocenters. The van der Waals surface area contributed by atoms with Gasteiger partial charge in [-0.1, -0.05) is 60.7 Å². The van der Waals surface area contributed by atoms with E-state index in [1.165, 1.54) is 11.1 Å². The van der Waals surface area contributed by atoms with Crippen LogP contribution in [-0.2, 0) is 0 Å². The van der Waals surface area contributed by atoms with Crippen molar-refractivity contribution < 1.29 is 4.79 Å². The molecule has 2 amide bonds. The van der Waals surface area contributed by atoms with E-state index in [4.69, 9.17) is 0 Å². The fraction of sp³-hybridized carbons (Fsp3) is 0.458. The number of carbonyl (C=O) groups is 1. The van der Waals surface area contributed by atoms with Gasteiger partial charge in [0.05, 0.1) is 12.1 Å². The molecule has 0 aliphatic carbocycles. The molecule has 2 aromatic carbocycles. The van der Waals surface area contributed by atoms with Crippen LogP contribution in [0.1, 0.15) is 23.2 Å². The van der Waals surface area contributed by atoms with Crippen LogP contribution in [0.2, 0.25) is 0 Å². The molecule has 2 aromatic rings. The molecule has 0 aromatic heterocycles. The Morgan fingerprint density at radius 3 is 2.37 bits per heavy atom. The smallest absolute Gasteiger partial charge is 0.318 e. The summed E-state index contributed by atoms with van der Waals surface area (Å²) in [6, 6.07) is 21.0. The molecule has 2 heterocycles. The van der Waals surface area contributed by atoms with E-state index in [0.29, 0.717) is 0 Å². The normalized spacial score (nSPS) is 21.9. The van der Waals surface area contributed by atoms with Crippen LogP contribution in [0.15, 0.2) is 60.7 Å². The molecule has 1 N–H and O–H groups in total. The molecule has 2 aliphatic rings. The van der Waals surface area contributed by atoms with Gasteiger partial charge in [0.2, 0.25) is 0 Å². The molecule has 6 heteroatoms. The fourth-order valence-corrected chi connectivity index (χ4v) is 5.33. The quantitative estimate of drug-likeness (QED) is 0.798. The molecule has 0 spiro atoms. The van der Waals surface area contributed by atoms with E-state index in [1.54, 1.807) is 0 Å². The van der Waals surface area contributed by atoms with Crippen molar-refractivity contribution in [3.05, 3.63) is 71.8 Å². The van der Waals surface area contributed by atoms with E-state index in [0.717, 1.165) is 50.8 Å². The number of nitrogens with zero attached hydrogens (tertiary/aromatic N) is 3. The Kier molecular flexibility index (Phi) is 7.31. The van der Waals surface area contributed by atoms with Gasteiger partial charge in [-0.05, 0) is 18.2 Å². The van der Waals surface area contributed by atoms with Gasteiger partial charge < -0.3 is 15.1 Å². The summed E-state index contributed by atoms with van der Waals surface area (Å²) in [4.78, 5) is 20.3. The number of rotatable bonds is 5. The van der Waals surface area contributed by atoms with Crippen molar-refractivity contribution in [2.24, 2.45) is 0 Å². The minimum absolute atomic E-state index is 0.00638. The van der Waals surface area contributed by atoms with Crippen LogP contribution in [0.5, 0.6) is 0 Å². The molecule has 0 bridgehead atoms. The van der Waals surface area contributed by atoms with Crippen LogP contribution in [0.4, 0.5) is 4.79 Å². The van der Waals surface area contributed by atoms with E-state index in [9.17, 15) is 4.79 Å². The first-order chi connectivity index (χ1) is 14.7. The molecule has 0 radical (unpaired) electrons. The van der Waals surface area contributed by atoms with Crippen molar-refractivity contribution in [1.29, 1.82) is 0 Å². The highest BCUT2D eigenvalue weighted by Crippen LogP contribution is 2.30. The summed E-state index contributed by atoms with van der Waals surface area (Å²) in [6.07, 6.45) is 0. The van der Waals surface area contributed by atoms with E-state index in [2.05, 4.69) is 70.7 Å². The lowest BCUT2D eigenvalue weighted by Gasteiger charge is -2.38. The number of piperazine rings is 1. The number of hydrogen-bond donors (Lipinski definition) is 1. The number of nitrogens with one attached hydrogen (secondary N) is 1. The molecular weight excluding hydrogens is 392 g/mol. The molecule has 0 saturated carbocycles. The van der Waals surface area contributed by atoms with Crippen LogP contribution in [0.3, 0.4) is 0 Å². The average molecular weight is 425 g/mol. The number of likely N-dealkylation sites (N-methyl/N-ethyl adjacent to an activating group) is 1. The van der Waals surface area contributed by atoms with Crippen molar-refractivity contribution >= 4 is 17.8 Å². The molecule has 4 rings (SSSR count). The van der Waals surface area contributed by atoms with Crippen molar-refractivity contribution in [2.75, 3.05) is 57.8 Å². The molecule has 2 fully saturated rings. The predicted octanol–water partition coefficient (Wildman–Crippen LogP) is 3.47. The highest BCUT2D eigenvalue weighted by atomic mass is 32.2. The molecule has 2 saturated heterocycles. The summed E-state index contributed by atoms with van der Waals surface area (Å²) in [5.74, 6) is 1.94. The molecule has 30 heavy (non-hydrogen) atoms. The molecule has 2 atom stereocenters. The average Bonchev–Trinajstić information content (AvgIpc) is 2.81. The molecule has 160 valence electrons. The maximum atomic E-state index is 13.4. The Bertz CT molecular complexity index is 795. The number of urea groups is 1. The fourth-order valence-electron chi connectivity index (χ4n) is 4.24. The number of thioether (sulfide) groups is 1. The van der Waals surface area contributed by atoms with Gasteiger partial charge in [0.25, 0.3) is 0 Å². The Hall–Kier alpha value is -2.02. The first kappa shape index (κ1) is 21.2.